The van der Waals surface area contributed by atoms with Crippen LogP contribution in [0.1, 0.15) is 24.8 Å². The van der Waals surface area contributed by atoms with Gasteiger partial charge in [0.15, 0.2) is 0 Å². The number of nitrogens with two attached hydrogens (primary N) is 1. The summed E-state index contributed by atoms with van der Waals surface area (Å²) in [7, 11) is 0. The summed E-state index contributed by atoms with van der Waals surface area (Å²) in [6.07, 6.45) is 4.07. The molecule has 92 valence electrons. The fourth-order valence-corrected chi connectivity index (χ4v) is 2.71. The zero-order valence-electron chi connectivity index (χ0n) is 10.4. The normalized spacial score (nSPS) is 25.1. The van der Waals surface area contributed by atoms with E-state index in [1.807, 2.05) is 12.1 Å². The quantitative estimate of drug-likeness (QED) is 0.784. The number of hydrogen-bond donors (Lipinski definition) is 2. The summed E-state index contributed by atoms with van der Waals surface area (Å²) in [5.74, 6) is 0. The van der Waals surface area contributed by atoms with E-state index in [9.17, 15) is 0 Å². The molecule has 17 heavy (non-hydrogen) atoms. The molecule has 2 fully saturated rings. The molecule has 2 aliphatic rings. The number of rotatable bonds is 3. The summed E-state index contributed by atoms with van der Waals surface area (Å²) < 4.78 is 0. The van der Waals surface area contributed by atoms with Gasteiger partial charge >= 0.3 is 0 Å². The Morgan fingerprint density at radius 1 is 1.29 bits per heavy atom. The molecule has 3 rings (SSSR count). The fraction of sp³-hybridized carbons (Fsp3) is 0.571. The molecule has 0 aromatic heterocycles. The molecule has 1 unspecified atom stereocenters. The van der Waals surface area contributed by atoms with Gasteiger partial charge in [-0.2, -0.15) is 0 Å². The van der Waals surface area contributed by atoms with Gasteiger partial charge in [0, 0.05) is 36.5 Å². The molecule has 1 saturated heterocycles. The van der Waals surface area contributed by atoms with Gasteiger partial charge in [0.05, 0.1) is 0 Å². The van der Waals surface area contributed by atoms with Crippen molar-refractivity contribution in [1.82, 2.24) is 4.90 Å². The molecule has 1 aliphatic heterocycles. The van der Waals surface area contributed by atoms with Crippen molar-refractivity contribution >= 4 is 11.4 Å². The summed E-state index contributed by atoms with van der Waals surface area (Å²) in [5, 5.41) is 3.64. The second-order valence-corrected chi connectivity index (χ2v) is 5.38. The van der Waals surface area contributed by atoms with Gasteiger partial charge in [-0.05, 0) is 43.9 Å². The minimum Gasteiger partial charge on any atom is -0.398 e. The Balaban J connectivity index is 1.65. The highest BCUT2D eigenvalue weighted by Gasteiger charge is 2.34. The van der Waals surface area contributed by atoms with Crippen LogP contribution in [0.2, 0.25) is 0 Å². The smallest absolute Gasteiger partial charge is 0.0400 e. The van der Waals surface area contributed by atoms with Gasteiger partial charge in [0.2, 0.25) is 0 Å². The minimum absolute atomic E-state index is 0.594. The molecule has 3 nitrogen and oxygen atoms in total. The van der Waals surface area contributed by atoms with E-state index in [-0.39, 0.29) is 0 Å². The van der Waals surface area contributed by atoms with Crippen LogP contribution < -0.4 is 11.1 Å². The zero-order valence-corrected chi connectivity index (χ0v) is 10.4. The lowest BCUT2D eigenvalue weighted by Gasteiger charge is -2.18. The molecule has 1 aromatic rings. The summed E-state index contributed by atoms with van der Waals surface area (Å²) in [6, 6.07) is 7.61. The van der Waals surface area contributed by atoms with Gasteiger partial charge < -0.3 is 11.1 Å². The van der Waals surface area contributed by atoms with Crippen molar-refractivity contribution in [2.75, 3.05) is 24.1 Å². The van der Waals surface area contributed by atoms with Crippen molar-refractivity contribution in [3.05, 3.63) is 23.8 Å². The standard InChI is InChI=1S/C14H21N3/c1-10-13(15)3-2-4-14(10)16-11-7-8-17(9-11)12-5-6-12/h2-4,11-12,16H,5-9,15H2,1H3. The van der Waals surface area contributed by atoms with Crippen LogP contribution in [0.4, 0.5) is 11.4 Å². The molecule has 3 N–H and O–H groups in total. The SMILES string of the molecule is Cc1c(N)cccc1NC1CCN(C2CC2)C1. The van der Waals surface area contributed by atoms with Crippen LogP contribution in [0.3, 0.4) is 0 Å². The highest BCUT2D eigenvalue weighted by molar-refractivity contribution is 5.63. The lowest BCUT2D eigenvalue weighted by atomic mass is 10.1. The molecule has 1 heterocycles. The summed E-state index contributed by atoms with van der Waals surface area (Å²) in [4.78, 5) is 2.62. The Labute approximate surface area is 103 Å². The molecule has 1 atom stereocenters. The van der Waals surface area contributed by atoms with E-state index in [1.165, 1.54) is 43.6 Å². The van der Waals surface area contributed by atoms with E-state index in [1.54, 1.807) is 0 Å². The number of benzene rings is 1. The zero-order chi connectivity index (χ0) is 11.8. The number of nitrogen functional groups attached to an aromatic ring is 1. The Kier molecular flexibility index (Phi) is 2.71. The monoisotopic (exact) mass is 231 g/mol. The molecule has 1 saturated carbocycles. The maximum atomic E-state index is 5.93. The van der Waals surface area contributed by atoms with Crippen LogP contribution >= 0.6 is 0 Å². The van der Waals surface area contributed by atoms with Gasteiger partial charge in [-0.1, -0.05) is 6.07 Å². The number of likely N-dealkylation sites (tertiary alicyclic amines) is 1. The molecule has 1 aromatic carbocycles. The van der Waals surface area contributed by atoms with Gasteiger partial charge in [-0.15, -0.1) is 0 Å². The highest BCUT2D eigenvalue weighted by atomic mass is 15.2. The largest absolute Gasteiger partial charge is 0.398 e. The predicted octanol–water partition coefficient (Wildman–Crippen LogP) is 2.23. The third-order valence-corrected chi connectivity index (χ3v) is 4.02. The van der Waals surface area contributed by atoms with E-state index < -0.39 is 0 Å². The molecule has 3 heteroatoms. The van der Waals surface area contributed by atoms with E-state index >= 15 is 0 Å². The first-order chi connectivity index (χ1) is 8.24. The predicted molar refractivity (Wildman–Crippen MR) is 72.2 cm³/mol. The average molecular weight is 231 g/mol. The topological polar surface area (TPSA) is 41.3 Å². The van der Waals surface area contributed by atoms with Gasteiger partial charge in [0.1, 0.15) is 0 Å². The van der Waals surface area contributed by atoms with Gasteiger partial charge in [0.25, 0.3) is 0 Å². The maximum Gasteiger partial charge on any atom is 0.0400 e. The Bertz CT molecular complexity index is 412. The highest BCUT2D eigenvalue weighted by Crippen LogP contribution is 2.31. The number of hydrogen-bond acceptors (Lipinski definition) is 3. The van der Waals surface area contributed by atoms with Crippen LogP contribution in [-0.4, -0.2) is 30.1 Å². The molecule has 0 amide bonds. The van der Waals surface area contributed by atoms with Crippen LogP contribution in [0.5, 0.6) is 0 Å². The van der Waals surface area contributed by atoms with Crippen molar-refractivity contribution in [3.8, 4) is 0 Å². The van der Waals surface area contributed by atoms with Crippen LogP contribution in [0.15, 0.2) is 18.2 Å². The van der Waals surface area contributed by atoms with E-state index in [2.05, 4.69) is 23.2 Å². The first-order valence-electron chi connectivity index (χ1n) is 6.60. The average Bonchev–Trinajstić information content (AvgIpc) is 3.06. The lowest BCUT2D eigenvalue weighted by Crippen LogP contribution is -2.27. The van der Waals surface area contributed by atoms with Crippen LogP contribution in [0.25, 0.3) is 0 Å². The summed E-state index contributed by atoms with van der Waals surface area (Å²) >= 11 is 0. The number of anilines is 2. The first kappa shape index (κ1) is 10.9. The van der Waals surface area contributed by atoms with Crippen molar-refractivity contribution in [3.63, 3.8) is 0 Å². The minimum atomic E-state index is 0.594. The molecule has 0 bridgehead atoms. The van der Waals surface area contributed by atoms with Gasteiger partial charge in [-0.25, -0.2) is 0 Å². The third kappa shape index (κ3) is 2.25. The van der Waals surface area contributed by atoms with Crippen molar-refractivity contribution in [1.29, 1.82) is 0 Å². The Hall–Kier alpha value is -1.22. The summed E-state index contributed by atoms with van der Waals surface area (Å²) in [6.45, 7) is 4.54. The number of nitrogens with zero attached hydrogens (tertiary/aromatic N) is 1. The lowest BCUT2D eigenvalue weighted by molar-refractivity contribution is 0.326. The van der Waals surface area contributed by atoms with Crippen LogP contribution in [0, 0.1) is 6.92 Å². The molecule has 0 spiro atoms. The maximum absolute atomic E-state index is 5.93. The molecular formula is C14H21N3. The van der Waals surface area contributed by atoms with E-state index in [0.29, 0.717) is 6.04 Å². The summed E-state index contributed by atoms with van der Waals surface area (Å²) in [5.41, 5.74) is 9.19. The van der Waals surface area contributed by atoms with Crippen molar-refractivity contribution in [2.45, 2.75) is 38.3 Å². The first-order valence-corrected chi connectivity index (χ1v) is 6.60. The van der Waals surface area contributed by atoms with Crippen molar-refractivity contribution < 1.29 is 0 Å². The second kappa shape index (κ2) is 4.22. The second-order valence-electron chi connectivity index (χ2n) is 5.38. The van der Waals surface area contributed by atoms with E-state index in [4.69, 9.17) is 5.73 Å². The Morgan fingerprint density at radius 3 is 2.88 bits per heavy atom. The van der Waals surface area contributed by atoms with E-state index in [0.717, 1.165) is 11.7 Å². The van der Waals surface area contributed by atoms with Gasteiger partial charge in [-0.3, -0.25) is 4.90 Å². The van der Waals surface area contributed by atoms with Crippen molar-refractivity contribution in [2.24, 2.45) is 0 Å². The fourth-order valence-electron chi connectivity index (χ4n) is 2.71. The molecule has 1 aliphatic carbocycles. The Morgan fingerprint density at radius 2 is 2.12 bits per heavy atom. The number of nitrogens with one attached hydrogen (secondary N) is 1. The molecular weight excluding hydrogens is 210 g/mol. The van der Waals surface area contributed by atoms with Crippen LogP contribution in [-0.2, 0) is 0 Å². The third-order valence-electron chi connectivity index (χ3n) is 4.02. The molecule has 0 radical (unpaired) electrons.